The molecule has 0 radical (unpaired) electrons. The number of hydrogen-bond donors (Lipinski definition) is 0. The lowest BCUT2D eigenvalue weighted by molar-refractivity contribution is 0.415. The van der Waals surface area contributed by atoms with Crippen LogP contribution in [0.5, 0.6) is 5.75 Å². The fourth-order valence-electron chi connectivity index (χ4n) is 0.978. The van der Waals surface area contributed by atoms with Crippen molar-refractivity contribution in [3.8, 4) is 16.3 Å². The normalized spacial score (nSPS) is 9.92. The first-order valence-corrected chi connectivity index (χ1v) is 4.47. The predicted molar refractivity (Wildman–Crippen MR) is 49.7 cm³/mol. The highest BCUT2D eigenvalue weighted by atomic mass is 32.1. The first-order chi connectivity index (χ1) is 6.40. The fraction of sp³-hybridized carbons (Fsp3) is 0.125. The van der Waals surface area contributed by atoms with Gasteiger partial charge in [0.15, 0.2) is 5.01 Å². The zero-order valence-corrected chi connectivity index (χ0v) is 7.78. The summed E-state index contributed by atoms with van der Waals surface area (Å²) >= 11 is 1.28. The maximum absolute atomic E-state index is 5.04. The molecule has 5 heteroatoms. The standard InChI is InChI=1S/C8H7N3OS/c1-12-7-4-2-6(3-5-7)8-9-10-11-13-8/h2-5H,1H3. The molecule has 0 saturated heterocycles. The summed E-state index contributed by atoms with van der Waals surface area (Å²) in [5.74, 6) is 0.834. The third kappa shape index (κ3) is 1.65. The summed E-state index contributed by atoms with van der Waals surface area (Å²) in [5, 5.41) is 8.21. The Balaban J connectivity index is 2.33. The molecule has 0 saturated carbocycles. The first-order valence-electron chi connectivity index (χ1n) is 3.69. The van der Waals surface area contributed by atoms with E-state index in [4.69, 9.17) is 4.74 Å². The Kier molecular flexibility index (Phi) is 2.18. The summed E-state index contributed by atoms with van der Waals surface area (Å²) in [7, 11) is 1.64. The Morgan fingerprint density at radius 1 is 1.23 bits per heavy atom. The number of aromatic nitrogens is 3. The lowest BCUT2D eigenvalue weighted by atomic mass is 10.2. The van der Waals surface area contributed by atoms with Gasteiger partial charge in [-0.2, -0.15) is 0 Å². The molecule has 0 aliphatic heterocycles. The maximum atomic E-state index is 5.04. The van der Waals surface area contributed by atoms with E-state index in [9.17, 15) is 0 Å². The van der Waals surface area contributed by atoms with E-state index in [-0.39, 0.29) is 0 Å². The quantitative estimate of drug-likeness (QED) is 0.727. The Hall–Kier alpha value is -1.49. The summed E-state index contributed by atoms with van der Waals surface area (Å²) in [4.78, 5) is 0. The molecule has 0 spiro atoms. The summed E-state index contributed by atoms with van der Waals surface area (Å²) in [5.41, 5.74) is 1.01. The molecule has 0 atom stereocenters. The van der Waals surface area contributed by atoms with Crippen molar-refractivity contribution in [1.82, 2.24) is 14.8 Å². The third-order valence-electron chi connectivity index (χ3n) is 1.64. The summed E-state index contributed by atoms with van der Waals surface area (Å²) in [6.45, 7) is 0. The second kappa shape index (κ2) is 3.49. The Bertz CT molecular complexity index is 371. The molecule has 0 amide bonds. The van der Waals surface area contributed by atoms with Crippen molar-refractivity contribution < 1.29 is 4.74 Å². The Morgan fingerprint density at radius 3 is 2.54 bits per heavy atom. The largest absolute Gasteiger partial charge is 0.497 e. The summed E-state index contributed by atoms with van der Waals surface area (Å²) < 4.78 is 8.73. The highest BCUT2D eigenvalue weighted by Crippen LogP contribution is 2.21. The van der Waals surface area contributed by atoms with Crippen LogP contribution in [0.1, 0.15) is 0 Å². The Labute approximate surface area is 79.3 Å². The van der Waals surface area contributed by atoms with E-state index in [0.717, 1.165) is 16.3 Å². The van der Waals surface area contributed by atoms with Crippen molar-refractivity contribution in [1.29, 1.82) is 0 Å². The Morgan fingerprint density at radius 2 is 2.00 bits per heavy atom. The van der Waals surface area contributed by atoms with Crippen molar-refractivity contribution >= 4 is 11.5 Å². The van der Waals surface area contributed by atoms with E-state index < -0.39 is 0 Å². The predicted octanol–water partition coefficient (Wildman–Crippen LogP) is 1.61. The van der Waals surface area contributed by atoms with Gasteiger partial charge in [0, 0.05) is 17.1 Å². The topological polar surface area (TPSA) is 47.9 Å². The zero-order chi connectivity index (χ0) is 9.10. The molecule has 1 heterocycles. The van der Waals surface area contributed by atoms with Crippen LogP contribution in [0, 0.1) is 0 Å². The number of nitrogens with zero attached hydrogens (tertiary/aromatic N) is 3. The van der Waals surface area contributed by atoms with Gasteiger partial charge in [-0.15, -0.1) is 5.10 Å². The fourth-order valence-corrected chi connectivity index (χ4v) is 1.44. The molecule has 0 fully saturated rings. The molecular weight excluding hydrogens is 186 g/mol. The molecule has 0 aliphatic rings. The minimum absolute atomic E-state index is 0.822. The molecule has 1 aromatic carbocycles. The van der Waals surface area contributed by atoms with E-state index >= 15 is 0 Å². The second-order valence-electron chi connectivity index (χ2n) is 2.40. The molecule has 13 heavy (non-hydrogen) atoms. The average Bonchev–Trinajstić information content (AvgIpc) is 2.71. The molecule has 0 unspecified atom stereocenters. The maximum Gasteiger partial charge on any atom is 0.168 e. The summed E-state index contributed by atoms with van der Waals surface area (Å²) in [6, 6.07) is 7.63. The van der Waals surface area contributed by atoms with Gasteiger partial charge in [-0.05, 0) is 29.5 Å². The van der Waals surface area contributed by atoms with Crippen LogP contribution in [0.3, 0.4) is 0 Å². The molecule has 2 rings (SSSR count). The molecule has 2 aromatic rings. The molecule has 0 aliphatic carbocycles. The molecule has 4 nitrogen and oxygen atoms in total. The van der Waals surface area contributed by atoms with Crippen LogP contribution in [0.15, 0.2) is 24.3 Å². The number of rotatable bonds is 2. The van der Waals surface area contributed by atoms with Gasteiger partial charge in [0.05, 0.1) is 7.11 Å². The van der Waals surface area contributed by atoms with E-state index in [2.05, 4.69) is 14.8 Å². The molecular formula is C8H7N3OS. The lowest BCUT2D eigenvalue weighted by Gasteiger charge is -1.98. The summed E-state index contributed by atoms with van der Waals surface area (Å²) in [6.07, 6.45) is 0. The van der Waals surface area contributed by atoms with Crippen molar-refractivity contribution in [2.45, 2.75) is 0 Å². The molecule has 1 aromatic heterocycles. The monoisotopic (exact) mass is 193 g/mol. The molecule has 66 valence electrons. The van der Waals surface area contributed by atoms with E-state index in [1.165, 1.54) is 11.5 Å². The van der Waals surface area contributed by atoms with Crippen molar-refractivity contribution in [3.05, 3.63) is 24.3 Å². The van der Waals surface area contributed by atoms with Crippen molar-refractivity contribution in [2.24, 2.45) is 0 Å². The number of methoxy groups -OCH3 is 1. The van der Waals surface area contributed by atoms with E-state index in [0.29, 0.717) is 0 Å². The highest BCUT2D eigenvalue weighted by Gasteiger charge is 2.01. The van der Waals surface area contributed by atoms with Crippen molar-refractivity contribution in [3.63, 3.8) is 0 Å². The first kappa shape index (κ1) is 8.12. The molecule has 0 N–H and O–H groups in total. The van der Waals surface area contributed by atoms with E-state index in [1.54, 1.807) is 7.11 Å². The van der Waals surface area contributed by atoms with E-state index in [1.807, 2.05) is 24.3 Å². The SMILES string of the molecule is COc1ccc(-c2nnns2)cc1. The number of hydrogen-bond acceptors (Lipinski definition) is 5. The highest BCUT2D eigenvalue weighted by molar-refractivity contribution is 7.08. The smallest absolute Gasteiger partial charge is 0.168 e. The minimum atomic E-state index is 0.822. The molecule has 0 bridgehead atoms. The van der Waals surface area contributed by atoms with Gasteiger partial charge in [0.2, 0.25) is 0 Å². The van der Waals surface area contributed by atoms with Gasteiger partial charge < -0.3 is 4.74 Å². The van der Waals surface area contributed by atoms with Gasteiger partial charge in [-0.3, -0.25) is 0 Å². The van der Waals surface area contributed by atoms with Crippen molar-refractivity contribution in [2.75, 3.05) is 7.11 Å². The van der Waals surface area contributed by atoms with Crippen LogP contribution in [0.4, 0.5) is 0 Å². The average molecular weight is 193 g/mol. The second-order valence-corrected chi connectivity index (χ2v) is 3.13. The van der Waals surface area contributed by atoms with Crippen LogP contribution in [0.25, 0.3) is 10.6 Å². The number of ether oxygens (including phenoxy) is 1. The minimum Gasteiger partial charge on any atom is -0.497 e. The van der Waals surface area contributed by atoms with Gasteiger partial charge in [-0.1, -0.05) is 4.49 Å². The van der Waals surface area contributed by atoms with Crippen LogP contribution in [0.2, 0.25) is 0 Å². The third-order valence-corrected chi connectivity index (χ3v) is 2.28. The van der Waals surface area contributed by atoms with Crippen LogP contribution in [-0.4, -0.2) is 21.9 Å². The van der Waals surface area contributed by atoms with Crippen LogP contribution >= 0.6 is 11.5 Å². The van der Waals surface area contributed by atoms with Gasteiger partial charge >= 0.3 is 0 Å². The van der Waals surface area contributed by atoms with Gasteiger partial charge in [-0.25, -0.2) is 0 Å². The lowest BCUT2D eigenvalue weighted by Crippen LogP contribution is -1.82. The van der Waals surface area contributed by atoms with Gasteiger partial charge in [0.25, 0.3) is 0 Å². The van der Waals surface area contributed by atoms with Gasteiger partial charge in [0.1, 0.15) is 5.75 Å². The van der Waals surface area contributed by atoms with Crippen LogP contribution < -0.4 is 4.74 Å². The van der Waals surface area contributed by atoms with Crippen LogP contribution in [-0.2, 0) is 0 Å². The zero-order valence-electron chi connectivity index (χ0n) is 6.97. The number of benzene rings is 1.